The predicted octanol–water partition coefficient (Wildman–Crippen LogP) is 5.29. The second kappa shape index (κ2) is 10.0. The van der Waals surface area contributed by atoms with Gasteiger partial charge in [-0.3, -0.25) is 14.9 Å². The molecule has 3 aromatic rings. The van der Waals surface area contributed by atoms with Crippen molar-refractivity contribution in [1.29, 1.82) is 0 Å². The van der Waals surface area contributed by atoms with E-state index in [1.165, 1.54) is 6.92 Å². The minimum atomic E-state index is -0.541. The molecule has 5 nitrogen and oxygen atoms in total. The number of carbonyl (C=O) groups excluding carboxylic acids is 2. The Labute approximate surface area is 183 Å². The zero-order valence-corrected chi connectivity index (χ0v) is 18.4. The number of aryl methyl sites for hydroxylation is 2. The topological polar surface area (TPSA) is 70.2 Å². The van der Waals surface area contributed by atoms with E-state index in [1.54, 1.807) is 0 Å². The summed E-state index contributed by atoms with van der Waals surface area (Å²) < 4.78 is 0. The minimum Gasteiger partial charge on any atom is -0.326 e. The smallest absolute Gasteiger partial charge is 0.246 e. The molecule has 0 bridgehead atoms. The normalized spacial score (nSPS) is 12.6. The Bertz CT molecular complexity index is 1060. The van der Waals surface area contributed by atoms with Gasteiger partial charge in [-0.05, 0) is 61.2 Å². The molecule has 3 rings (SSSR count). The predicted molar refractivity (Wildman–Crippen MR) is 126 cm³/mol. The number of benzene rings is 3. The highest BCUT2D eigenvalue weighted by atomic mass is 16.2. The molecule has 2 atom stereocenters. The maximum absolute atomic E-state index is 13.3. The Morgan fingerprint density at radius 1 is 0.806 bits per heavy atom. The minimum absolute atomic E-state index is 0.118. The lowest BCUT2D eigenvalue weighted by Crippen LogP contribution is -2.34. The summed E-state index contributed by atoms with van der Waals surface area (Å²) in [5, 5.41) is 9.35. The molecule has 5 heteroatoms. The number of carbonyl (C=O) groups is 2. The first-order valence-electron chi connectivity index (χ1n) is 10.4. The summed E-state index contributed by atoms with van der Waals surface area (Å²) in [5.41, 5.74) is 5.51. The van der Waals surface area contributed by atoms with Crippen molar-refractivity contribution in [2.24, 2.45) is 0 Å². The third kappa shape index (κ3) is 6.03. The Balaban J connectivity index is 1.85. The highest BCUT2D eigenvalue weighted by Crippen LogP contribution is 2.24. The Morgan fingerprint density at radius 2 is 1.52 bits per heavy atom. The van der Waals surface area contributed by atoms with Crippen molar-refractivity contribution in [3.63, 3.8) is 0 Å². The molecule has 0 heterocycles. The van der Waals surface area contributed by atoms with E-state index < -0.39 is 6.04 Å². The lowest BCUT2D eigenvalue weighted by molar-refractivity contribution is -0.118. The second-order valence-corrected chi connectivity index (χ2v) is 7.85. The van der Waals surface area contributed by atoms with E-state index in [0.29, 0.717) is 0 Å². The molecular formula is C26H29N3O2. The average Bonchev–Trinajstić information content (AvgIpc) is 2.74. The van der Waals surface area contributed by atoms with E-state index >= 15 is 0 Å². The Kier molecular flexibility index (Phi) is 7.21. The van der Waals surface area contributed by atoms with Crippen LogP contribution >= 0.6 is 0 Å². The highest BCUT2D eigenvalue weighted by Gasteiger charge is 2.23. The fraction of sp³-hybridized carbons (Fsp3) is 0.231. The van der Waals surface area contributed by atoms with Gasteiger partial charge in [0.2, 0.25) is 11.8 Å². The number of anilines is 2. The lowest BCUT2D eigenvalue weighted by atomic mass is 10.0. The summed E-state index contributed by atoms with van der Waals surface area (Å²) in [6, 6.07) is 22.7. The molecule has 0 saturated carbocycles. The van der Waals surface area contributed by atoms with Crippen LogP contribution in [0.2, 0.25) is 0 Å². The molecule has 0 radical (unpaired) electrons. The standard InChI is InChI=1S/C26H29N3O2/c1-17-13-14-18(2)24(15-17)29-26(31)25(21-9-6-5-7-10-21)27-19(3)22-11-8-12-23(16-22)28-20(4)30/h5-16,19,25,27H,1-4H3,(H,28,30)(H,29,31). The van der Waals surface area contributed by atoms with Crippen molar-refractivity contribution in [1.82, 2.24) is 5.32 Å². The van der Waals surface area contributed by atoms with E-state index in [0.717, 1.165) is 33.6 Å². The van der Waals surface area contributed by atoms with Gasteiger partial charge in [0.15, 0.2) is 0 Å². The van der Waals surface area contributed by atoms with Gasteiger partial charge in [0, 0.05) is 24.3 Å². The van der Waals surface area contributed by atoms with Crippen molar-refractivity contribution in [3.05, 3.63) is 95.1 Å². The molecule has 0 aliphatic heterocycles. The fourth-order valence-electron chi connectivity index (χ4n) is 3.48. The molecule has 0 aromatic heterocycles. The molecule has 3 aromatic carbocycles. The van der Waals surface area contributed by atoms with Gasteiger partial charge in [-0.15, -0.1) is 0 Å². The maximum atomic E-state index is 13.3. The monoisotopic (exact) mass is 415 g/mol. The second-order valence-electron chi connectivity index (χ2n) is 7.85. The zero-order chi connectivity index (χ0) is 22.4. The summed E-state index contributed by atoms with van der Waals surface area (Å²) in [5.74, 6) is -0.238. The first-order valence-corrected chi connectivity index (χ1v) is 10.4. The maximum Gasteiger partial charge on any atom is 0.246 e. The van der Waals surface area contributed by atoms with Gasteiger partial charge in [0.1, 0.15) is 6.04 Å². The van der Waals surface area contributed by atoms with Crippen molar-refractivity contribution >= 4 is 23.2 Å². The quantitative estimate of drug-likeness (QED) is 0.491. The van der Waals surface area contributed by atoms with Crippen molar-refractivity contribution < 1.29 is 9.59 Å². The Morgan fingerprint density at radius 3 is 2.23 bits per heavy atom. The zero-order valence-electron chi connectivity index (χ0n) is 18.4. The number of rotatable bonds is 7. The van der Waals surface area contributed by atoms with Gasteiger partial charge < -0.3 is 10.6 Å². The first kappa shape index (κ1) is 22.2. The van der Waals surface area contributed by atoms with Crippen LogP contribution in [0.3, 0.4) is 0 Å². The average molecular weight is 416 g/mol. The third-order valence-corrected chi connectivity index (χ3v) is 5.17. The van der Waals surface area contributed by atoms with Crippen LogP contribution in [0.25, 0.3) is 0 Å². The van der Waals surface area contributed by atoms with Crippen LogP contribution in [0.4, 0.5) is 11.4 Å². The summed E-state index contributed by atoms with van der Waals surface area (Å²) in [7, 11) is 0. The molecule has 0 saturated heterocycles. The molecule has 2 amide bonds. The van der Waals surface area contributed by atoms with E-state index in [2.05, 4.69) is 16.0 Å². The highest BCUT2D eigenvalue weighted by molar-refractivity contribution is 5.96. The van der Waals surface area contributed by atoms with Crippen LogP contribution in [0.5, 0.6) is 0 Å². The van der Waals surface area contributed by atoms with Crippen LogP contribution in [0, 0.1) is 13.8 Å². The molecule has 31 heavy (non-hydrogen) atoms. The van der Waals surface area contributed by atoms with Gasteiger partial charge in [-0.25, -0.2) is 0 Å². The van der Waals surface area contributed by atoms with Crippen LogP contribution in [0.15, 0.2) is 72.8 Å². The molecule has 2 unspecified atom stereocenters. The fourth-order valence-corrected chi connectivity index (χ4v) is 3.48. The lowest BCUT2D eigenvalue weighted by Gasteiger charge is -2.24. The summed E-state index contributed by atoms with van der Waals surface area (Å²) in [6.07, 6.45) is 0. The van der Waals surface area contributed by atoms with Crippen LogP contribution < -0.4 is 16.0 Å². The van der Waals surface area contributed by atoms with Gasteiger partial charge in [-0.2, -0.15) is 0 Å². The van der Waals surface area contributed by atoms with Crippen molar-refractivity contribution in [2.75, 3.05) is 10.6 Å². The number of hydrogen-bond acceptors (Lipinski definition) is 3. The SMILES string of the molecule is CC(=O)Nc1cccc(C(C)NC(C(=O)Nc2cc(C)ccc2C)c2ccccc2)c1. The van der Waals surface area contributed by atoms with E-state index in [-0.39, 0.29) is 17.9 Å². The molecule has 0 fully saturated rings. The molecule has 0 spiro atoms. The first-order chi connectivity index (χ1) is 14.8. The van der Waals surface area contributed by atoms with E-state index in [9.17, 15) is 9.59 Å². The Hall–Kier alpha value is -3.44. The van der Waals surface area contributed by atoms with Gasteiger partial charge >= 0.3 is 0 Å². The number of nitrogens with one attached hydrogen (secondary N) is 3. The van der Waals surface area contributed by atoms with Gasteiger partial charge in [-0.1, -0.05) is 54.6 Å². The van der Waals surface area contributed by atoms with E-state index in [1.807, 2.05) is 93.6 Å². The van der Waals surface area contributed by atoms with Crippen molar-refractivity contribution in [2.45, 2.75) is 39.8 Å². The third-order valence-electron chi connectivity index (χ3n) is 5.17. The van der Waals surface area contributed by atoms with Gasteiger partial charge in [0.05, 0.1) is 0 Å². The van der Waals surface area contributed by atoms with Crippen molar-refractivity contribution in [3.8, 4) is 0 Å². The van der Waals surface area contributed by atoms with Crippen LogP contribution in [0.1, 0.15) is 48.2 Å². The molecule has 0 aliphatic carbocycles. The van der Waals surface area contributed by atoms with Gasteiger partial charge in [0.25, 0.3) is 0 Å². The van der Waals surface area contributed by atoms with Crippen LogP contribution in [-0.2, 0) is 9.59 Å². The molecule has 160 valence electrons. The summed E-state index contributed by atoms with van der Waals surface area (Å²) in [6.45, 7) is 7.48. The molecular weight excluding hydrogens is 386 g/mol. The number of hydrogen-bond donors (Lipinski definition) is 3. The summed E-state index contributed by atoms with van der Waals surface area (Å²) in [4.78, 5) is 24.7. The number of amides is 2. The molecule has 3 N–H and O–H groups in total. The van der Waals surface area contributed by atoms with E-state index in [4.69, 9.17) is 0 Å². The molecule has 0 aliphatic rings. The van der Waals surface area contributed by atoms with Crippen LogP contribution in [-0.4, -0.2) is 11.8 Å². The largest absolute Gasteiger partial charge is 0.326 e. The summed E-state index contributed by atoms with van der Waals surface area (Å²) >= 11 is 0.